The Balaban J connectivity index is 1.81. The van der Waals surface area contributed by atoms with Crippen LogP contribution in [0.5, 0.6) is 0 Å². The highest BCUT2D eigenvalue weighted by molar-refractivity contribution is 5.93. The molecule has 1 N–H and O–H groups in total. The third-order valence-corrected chi connectivity index (χ3v) is 4.40. The van der Waals surface area contributed by atoms with Gasteiger partial charge in [-0.1, -0.05) is 29.3 Å². The van der Waals surface area contributed by atoms with E-state index >= 15 is 0 Å². The summed E-state index contributed by atoms with van der Waals surface area (Å²) >= 11 is 0. The molecule has 24 heavy (non-hydrogen) atoms. The van der Waals surface area contributed by atoms with E-state index in [1.54, 1.807) is 13.0 Å². The Morgan fingerprint density at radius 1 is 1.25 bits per heavy atom. The molecule has 0 aromatic heterocycles. The van der Waals surface area contributed by atoms with Crippen LogP contribution in [0.25, 0.3) is 0 Å². The van der Waals surface area contributed by atoms with Crippen LogP contribution in [-0.2, 0) is 9.53 Å². The molecule has 0 heterocycles. The van der Waals surface area contributed by atoms with Crippen LogP contribution in [0, 0.1) is 13.8 Å². The molecule has 0 bridgehead atoms. The zero-order valence-electron chi connectivity index (χ0n) is 14.9. The minimum Gasteiger partial charge on any atom is -0.449 e. The number of nitrogens with one attached hydrogen (secondary N) is 1. The predicted molar refractivity (Wildman–Crippen MR) is 95.0 cm³/mol. The van der Waals surface area contributed by atoms with E-state index in [1.807, 2.05) is 26.0 Å². The van der Waals surface area contributed by atoms with Gasteiger partial charge in [-0.05, 0) is 64.5 Å². The molecule has 1 aliphatic carbocycles. The molecule has 0 saturated carbocycles. The second kappa shape index (κ2) is 8.67. The summed E-state index contributed by atoms with van der Waals surface area (Å²) in [6.07, 6.45) is 7.14. The first-order chi connectivity index (χ1) is 11.5. The molecule has 4 nitrogen and oxygen atoms in total. The SMILES string of the molecule is Cc1ccc(C)c(C(=O)O[C@@H](C)C(=O)NCCC2=CCCCC2)c1. The van der Waals surface area contributed by atoms with Gasteiger partial charge in [0.1, 0.15) is 0 Å². The van der Waals surface area contributed by atoms with Crippen molar-refractivity contribution in [2.24, 2.45) is 0 Å². The summed E-state index contributed by atoms with van der Waals surface area (Å²) in [5.41, 5.74) is 3.77. The van der Waals surface area contributed by atoms with Gasteiger partial charge in [-0.2, -0.15) is 0 Å². The Labute approximate surface area is 144 Å². The van der Waals surface area contributed by atoms with Crippen LogP contribution in [0.4, 0.5) is 0 Å². The summed E-state index contributed by atoms with van der Waals surface area (Å²) in [6.45, 7) is 5.99. The minimum absolute atomic E-state index is 0.245. The molecule has 0 aliphatic heterocycles. The average Bonchev–Trinajstić information content (AvgIpc) is 2.57. The van der Waals surface area contributed by atoms with Crippen molar-refractivity contribution in [2.75, 3.05) is 6.54 Å². The molecule has 130 valence electrons. The quantitative estimate of drug-likeness (QED) is 0.637. The van der Waals surface area contributed by atoms with Crippen molar-refractivity contribution in [1.29, 1.82) is 0 Å². The molecule has 2 rings (SSSR count). The normalized spacial score (nSPS) is 15.4. The molecule has 1 aliphatic rings. The number of hydrogen-bond donors (Lipinski definition) is 1. The number of aryl methyl sites for hydroxylation is 2. The van der Waals surface area contributed by atoms with Crippen molar-refractivity contribution >= 4 is 11.9 Å². The van der Waals surface area contributed by atoms with Crippen LogP contribution in [0.3, 0.4) is 0 Å². The Kier molecular flexibility index (Phi) is 6.59. The molecule has 0 spiro atoms. The highest BCUT2D eigenvalue weighted by atomic mass is 16.5. The molecule has 0 saturated heterocycles. The van der Waals surface area contributed by atoms with Crippen molar-refractivity contribution in [2.45, 2.75) is 59.0 Å². The van der Waals surface area contributed by atoms with Crippen molar-refractivity contribution in [1.82, 2.24) is 5.32 Å². The summed E-state index contributed by atoms with van der Waals surface area (Å²) in [7, 11) is 0. The van der Waals surface area contributed by atoms with Gasteiger partial charge < -0.3 is 10.1 Å². The summed E-state index contributed by atoms with van der Waals surface area (Å²) < 4.78 is 5.31. The third-order valence-electron chi connectivity index (χ3n) is 4.40. The third kappa shape index (κ3) is 5.22. The Morgan fingerprint density at radius 2 is 2.04 bits per heavy atom. The van der Waals surface area contributed by atoms with Crippen LogP contribution in [0.2, 0.25) is 0 Å². The number of carbonyl (C=O) groups excluding carboxylic acids is 2. The smallest absolute Gasteiger partial charge is 0.339 e. The van der Waals surface area contributed by atoms with Crippen molar-refractivity contribution in [3.63, 3.8) is 0 Å². The van der Waals surface area contributed by atoms with Gasteiger partial charge in [0.15, 0.2) is 6.10 Å². The van der Waals surface area contributed by atoms with Gasteiger partial charge in [-0.25, -0.2) is 4.79 Å². The molecule has 1 atom stereocenters. The maximum atomic E-state index is 12.2. The summed E-state index contributed by atoms with van der Waals surface area (Å²) in [6, 6.07) is 5.62. The summed E-state index contributed by atoms with van der Waals surface area (Å²) in [5.74, 6) is -0.695. The molecule has 4 heteroatoms. The van der Waals surface area contributed by atoms with Crippen LogP contribution >= 0.6 is 0 Å². The minimum atomic E-state index is -0.794. The molecule has 0 fully saturated rings. The highest BCUT2D eigenvalue weighted by Crippen LogP contribution is 2.19. The maximum Gasteiger partial charge on any atom is 0.339 e. The fraction of sp³-hybridized carbons (Fsp3) is 0.500. The molecule has 0 unspecified atom stereocenters. The number of benzene rings is 1. The second-order valence-corrected chi connectivity index (χ2v) is 6.52. The number of carbonyl (C=O) groups is 2. The predicted octanol–water partition coefficient (Wildman–Crippen LogP) is 3.86. The lowest BCUT2D eigenvalue weighted by atomic mass is 9.97. The van der Waals surface area contributed by atoms with E-state index in [9.17, 15) is 9.59 Å². The number of esters is 1. The van der Waals surface area contributed by atoms with Gasteiger partial charge >= 0.3 is 5.97 Å². The number of rotatable bonds is 6. The van der Waals surface area contributed by atoms with Crippen molar-refractivity contribution in [3.05, 3.63) is 46.5 Å². The lowest BCUT2D eigenvalue weighted by molar-refractivity contribution is -0.129. The Bertz CT molecular complexity index is 634. The topological polar surface area (TPSA) is 55.4 Å². The van der Waals surface area contributed by atoms with Gasteiger partial charge in [0, 0.05) is 6.54 Å². The monoisotopic (exact) mass is 329 g/mol. The lowest BCUT2D eigenvalue weighted by Crippen LogP contribution is -2.36. The van der Waals surface area contributed by atoms with Crippen LogP contribution < -0.4 is 5.32 Å². The second-order valence-electron chi connectivity index (χ2n) is 6.52. The molecule has 1 amide bonds. The van der Waals surface area contributed by atoms with Crippen LogP contribution in [-0.4, -0.2) is 24.5 Å². The number of amides is 1. The van der Waals surface area contributed by atoms with Crippen LogP contribution in [0.15, 0.2) is 29.8 Å². The zero-order valence-corrected chi connectivity index (χ0v) is 14.9. The largest absolute Gasteiger partial charge is 0.449 e. The first-order valence-electron chi connectivity index (χ1n) is 8.71. The standard InChI is InChI=1S/C20H27NO3/c1-14-9-10-15(2)18(13-14)20(23)24-16(3)19(22)21-12-11-17-7-5-4-6-8-17/h7,9-10,13,16H,4-6,8,11-12H2,1-3H3,(H,21,22)/t16-/m0/s1. The van der Waals surface area contributed by atoms with E-state index in [-0.39, 0.29) is 5.91 Å². The Morgan fingerprint density at radius 3 is 2.75 bits per heavy atom. The van der Waals surface area contributed by atoms with Gasteiger partial charge in [0.25, 0.3) is 5.91 Å². The summed E-state index contributed by atoms with van der Waals surface area (Å²) in [4.78, 5) is 24.3. The number of hydrogen-bond acceptors (Lipinski definition) is 3. The van der Waals surface area contributed by atoms with Crippen LogP contribution in [0.1, 0.15) is 60.5 Å². The highest BCUT2D eigenvalue weighted by Gasteiger charge is 2.20. The van der Waals surface area contributed by atoms with Gasteiger partial charge in [-0.3, -0.25) is 4.79 Å². The van der Waals surface area contributed by atoms with Gasteiger partial charge in [-0.15, -0.1) is 0 Å². The van der Waals surface area contributed by atoms with E-state index in [4.69, 9.17) is 4.74 Å². The van der Waals surface area contributed by atoms with E-state index < -0.39 is 12.1 Å². The molecular formula is C20H27NO3. The van der Waals surface area contributed by atoms with E-state index in [1.165, 1.54) is 18.4 Å². The number of ether oxygens (including phenoxy) is 1. The fourth-order valence-electron chi connectivity index (χ4n) is 2.86. The van der Waals surface area contributed by atoms with Crippen molar-refractivity contribution in [3.8, 4) is 0 Å². The zero-order chi connectivity index (χ0) is 17.5. The number of allylic oxidation sites excluding steroid dienone is 1. The van der Waals surface area contributed by atoms with E-state index in [0.29, 0.717) is 12.1 Å². The Hall–Kier alpha value is -2.10. The lowest BCUT2D eigenvalue weighted by Gasteiger charge is -2.16. The molecule has 0 radical (unpaired) electrons. The molecule has 1 aromatic carbocycles. The molecule has 1 aromatic rings. The van der Waals surface area contributed by atoms with Gasteiger partial charge in [0.05, 0.1) is 5.56 Å². The summed E-state index contributed by atoms with van der Waals surface area (Å²) in [5, 5.41) is 2.86. The van der Waals surface area contributed by atoms with Crippen molar-refractivity contribution < 1.29 is 14.3 Å². The van der Waals surface area contributed by atoms with E-state index in [2.05, 4.69) is 11.4 Å². The molecular weight excluding hydrogens is 302 g/mol. The van der Waals surface area contributed by atoms with E-state index in [0.717, 1.165) is 30.4 Å². The maximum absolute atomic E-state index is 12.2. The average molecular weight is 329 g/mol. The first-order valence-corrected chi connectivity index (χ1v) is 8.71. The van der Waals surface area contributed by atoms with Gasteiger partial charge in [0.2, 0.25) is 0 Å². The first kappa shape index (κ1) is 18.2. The fourth-order valence-corrected chi connectivity index (χ4v) is 2.86.